The van der Waals surface area contributed by atoms with E-state index in [1.807, 2.05) is 0 Å². The minimum Gasteiger partial charge on any atom is -0.497 e. The van der Waals surface area contributed by atoms with Crippen molar-refractivity contribution in [2.24, 2.45) is 0 Å². The molecule has 0 amide bonds. The summed E-state index contributed by atoms with van der Waals surface area (Å²) in [6.07, 6.45) is 0. The average Bonchev–Trinajstić information content (AvgIpc) is 2.46. The number of hydrogen-bond acceptors (Lipinski definition) is 4. The molecule has 0 atom stereocenters. The predicted octanol–water partition coefficient (Wildman–Crippen LogP) is 2.69. The Morgan fingerprint density at radius 2 is 2.10 bits per heavy atom. The van der Waals surface area contributed by atoms with Gasteiger partial charge < -0.3 is 20.3 Å². The minimum absolute atomic E-state index is 0.0805. The number of hydrogen-bond donors (Lipinski definition) is 2. The number of nitrogen functional groups attached to an aromatic ring is 1. The number of carboxylic acids is 1. The van der Waals surface area contributed by atoms with Gasteiger partial charge in [0, 0.05) is 11.8 Å². The second-order valence-electron chi connectivity index (χ2n) is 4.32. The molecule has 2 rings (SSSR count). The van der Waals surface area contributed by atoms with E-state index in [1.165, 1.54) is 0 Å². The van der Waals surface area contributed by atoms with Gasteiger partial charge in [0.25, 0.3) is 0 Å². The highest BCUT2D eigenvalue weighted by Crippen LogP contribution is 2.25. The van der Waals surface area contributed by atoms with Gasteiger partial charge in [-0.05, 0) is 23.8 Å². The van der Waals surface area contributed by atoms with E-state index in [9.17, 15) is 9.18 Å². The molecule has 0 fully saturated rings. The number of carboxylic acid groups (broad SMARTS) is 1. The van der Waals surface area contributed by atoms with Crippen LogP contribution in [0.3, 0.4) is 0 Å². The molecule has 2 aromatic rings. The Morgan fingerprint density at radius 1 is 1.33 bits per heavy atom. The Balaban J connectivity index is 2.19. The predicted molar refractivity (Wildman–Crippen MR) is 75.1 cm³/mol. The monoisotopic (exact) mass is 291 g/mol. The number of benzene rings is 2. The van der Waals surface area contributed by atoms with Crippen LogP contribution < -0.4 is 15.2 Å². The summed E-state index contributed by atoms with van der Waals surface area (Å²) in [5.41, 5.74) is 5.87. The Labute approximate surface area is 120 Å². The van der Waals surface area contributed by atoms with Crippen LogP contribution in [0, 0.1) is 5.82 Å². The first-order chi connectivity index (χ1) is 10.0. The SMILES string of the molecule is COc1cccc(COc2cc(C(=O)O)c(N)cc2F)c1. The molecule has 21 heavy (non-hydrogen) atoms. The van der Waals surface area contributed by atoms with Gasteiger partial charge >= 0.3 is 5.97 Å². The molecule has 110 valence electrons. The summed E-state index contributed by atoms with van der Waals surface area (Å²) in [5, 5.41) is 8.96. The maximum Gasteiger partial charge on any atom is 0.337 e. The molecule has 6 heteroatoms. The van der Waals surface area contributed by atoms with Crippen molar-refractivity contribution in [3.8, 4) is 11.5 Å². The van der Waals surface area contributed by atoms with Crippen molar-refractivity contribution in [2.45, 2.75) is 6.61 Å². The third-order valence-electron chi connectivity index (χ3n) is 2.86. The summed E-state index contributed by atoms with van der Waals surface area (Å²) >= 11 is 0. The van der Waals surface area contributed by atoms with Crippen molar-refractivity contribution < 1.29 is 23.8 Å². The molecule has 3 N–H and O–H groups in total. The highest BCUT2D eigenvalue weighted by molar-refractivity contribution is 5.94. The van der Waals surface area contributed by atoms with E-state index in [4.69, 9.17) is 20.3 Å². The van der Waals surface area contributed by atoms with Crippen molar-refractivity contribution >= 4 is 11.7 Å². The van der Waals surface area contributed by atoms with Crippen molar-refractivity contribution in [1.82, 2.24) is 0 Å². The van der Waals surface area contributed by atoms with E-state index in [1.54, 1.807) is 31.4 Å². The van der Waals surface area contributed by atoms with E-state index >= 15 is 0 Å². The van der Waals surface area contributed by atoms with Crippen LogP contribution in [-0.4, -0.2) is 18.2 Å². The van der Waals surface area contributed by atoms with Gasteiger partial charge in [-0.2, -0.15) is 0 Å². The molecule has 0 spiro atoms. The summed E-state index contributed by atoms with van der Waals surface area (Å²) in [7, 11) is 1.54. The number of aromatic carboxylic acids is 1. The topological polar surface area (TPSA) is 81.8 Å². The molecular formula is C15H14FNO4. The number of anilines is 1. The quantitative estimate of drug-likeness (QED) is 0.828. The number of rotatable bonds is 5. The van der Waals surface area contributed by atoms with Crippen molar-refractivity contribution in [2.75, 3.05) is 12.8 Å². The molecule has 0 saturated heterocycles. The van der Waals surface area contributed by atoms with Crippen LogP contribution >= 0.6 is 0 Å². The first kappa shape index (κ1) is 14.6. The molecule has 0 aromatic heterocycles. The van der Waals surface area contributed by atoms with Gasteiger partial charge in [0.05, 0.1) is 12.7 Å². The summed E-state index contributed by atoms with van der Waals surface area (Å²) in [5.74, 6) is -1.45. The fourth-order valence-electron chi connectivity index (χ4n) is 1.79. The summed E-state index contributed by atoms with van der Waals surface area (Å²) in [6.45, 7) is 0.0805. The molecule has 0 aliphatic rings. The number of carbonyl (C=O) groups is 1. The summed E-state index contributed by atoms with van der Waals surface area (Å²) < 4.78 is 24.1. The lowest BCUT2D eigenvalue weighted by Gasteiger charge is -2.10. The van der Waals surface area contributed by atoms with Gasteiger partial charge in [0.1, 0.15) is 12.4 Å². The highest BCUT2D eigenvalue weighted by Gasteiger charge is 2.14. The van der Waals surface area contributed by atoms with E-state index < -0.39 is 11.8 Å². The number of ether oxygens (including phenoxy) is 2. The zero-order valence-corrected chi connectivity index (χ0v) is 11.3. The zero-order chi connectivity index (χ0) is 15.4. The van der Waals surface area contributed by atoms with Crippen LogP contribution in [0.1, 0.15) is 15.9 Å². The van der Waals surface area contributed by atoms with Crippen molar-refractivity contribution in [1.29, 1.82) is 0 Å². The highest BCUT2D eigenvalue weighted by atomic mass is 19.1. The van der Waals surface area contributed by atoms with Crippen LogP contribution in [0.2, 0.25) is 0 Å². The van der Waals surface area contributed by atoms with Crippen LogP contribution in [0.15, 0.2) is 36.4 Å². The third kappa shape index (κ3) is 3.42. The maximum atomic E-state index is 13.7. The first-order valence-corrected chi connectivity index (χ1v) is 6.09. The molecule has 5 nitrogen and oxygen atoms in total. The fourth-order valence-corrected chi connectivity index (χ4v) is 1.79. The van der Waals surface area contributed by atoms with Crippen LogP contribution in [0.25, 0.3) is 0 Å². The van der Waals surface area contributed by atoms with Crippen LogP contribution in [0.4, 0.5) is 10.1 Å². The molecule has 0 radical (unpaired) electrons. The Kier molecular flexibility index (Phi) is 4.27. The van der Waals surface area contributed by atoms with Gasteiger partial charge in [0.15, 0.2) is 11.6 Å². The average molecular weight is 291 g/mol. The second-order valence-corrected chi connectivity index (χ2v) is 4.32. The smallest absolute Gasteiger partial charge is 0.337 e. The largest absolute Gasteiger partial charge is 0.497 e. The second kappa shape index (κ2) is 6.13. The molecule has 0 bridgehead atoms. The van der Waals surface area contributed by atoms with Crippen LogP contribution in [-0.2, 0) is 6.61 Å². The van der Waals surface area contributed by atoms with Crippen molar-refractivity contribution in [3.63, 3.8) is 0 Å². The van der Waals surface area contributed by atoms with Gasteiger partial charge in [-0.1, -0.05) is 12.1 Å². The molecule has 0 aliphatic heterocycles. The first-order valence-electron chi connectivity index (χ1n) is 6.09. The molecule has 0 heterocycles. The molecular weight excluding hydrogens is 277 g/mol. The molecule has 0 saturated carbocycles. The summed E-state index contributed by atoms with van der Waals surface area (Å²) in [6, 6.07) is 9.09. The molecule has 0 aliphatic carbocycles. The Hall–Kier alpha value is -2.76. The van der Waals surface area contributed by atoms with Gasteiger partial charge in [-0.15, -0.1) is 0 Å². The van der Waals surface area contributed by atoms with Crippen LogP contribution in [0.5, 0.6) is 11.5 Å². The molecule has 2 aromatic carbocycles. The van der Waals surface area contributed by atoms with Gasteiger partial charge in [0.2, 0.25) is 0 Å². The lowest BCUT2D eigenvalue weighted by Crippen LogP contribution is -2.05. The minimum atomic E-state index is -1.24. The van der Waals surface area contributed by atoms with E-state index in [0.29, 0.717) is 5.75 Å². The molecule has 0 unspecified atom stereocenters. The van der Waals surface area contributed by atoms with E-state index in [-0.39, 0.29) is 23.6 Å². The van der Waals surface area contributed by atoms with E-state index in [2.05, 4.69) is 0 Å². The number of halogens is 1. The lowest BCUT2D eigenvalue weighted by molar-refractivity contribution is 0.0697. The standard InChI is InChI=1S/C15H14FNO4/c1-20-10-4-2-3-9(5-10)8-21-14-6-11(15(18)19)13(17)7-12(14)16/h2-7H,8,17H2,1H3,(H,18,19). The lowest BCUT2D eigenvalue weighted by atomic mass is 10.1. The normalized spacial score (nSPS) is 10.2. The van der Waals surface area contributed by atoms with Gasteiger partial charge in [-0.3, -0.25) is 0 Å². The maximum absolute atomic E-state index is 13.7. The fraction of sp³-hybridized carbons (Fsp3) is 0.133. The Bertz CT molecular complexity index is 673. The zero-order valence-electron chi connectivity index (χ0n) is 11.3. The third-order valence-corrected chi connectivity index (χ3v) is 2.86. The van der Waals surface area contributed by atoms with Crippen molar-refractivity contribution in [3.05, 3.63) is 53.3 Å². The number of methoxy groups -OCH3 is 1. The number of nitrogens with two attached hydrogens (primary N) is 1. The Morgan fingerprint density at radius 3 is 2.76 bits per heavy atom. The van der Waals surface area contributed by atoms with E-state index in [0.717, 1.165) is 17.7 Å². The van der Waals surface area contributed by atoms with Gasteiger partial charge in [-0.25, -0.2) is 9.18 Å². The summed E-state index contributed by atoms with van der Waals surface area (Å²) in [4.78, 5) is 11.0.